The molecule has 1 rings (SSSR count). The molecule has 1 amide bonds. The van der Waals surface area contributed by atoms with Gasteiger partial charge in [-0.2, -0.15) is 0 Å². The number of rotatable bonds is 5. The molecule has 0 aromatic carbocycles. The largest absolute Gasteiger partial charge is 0.478 e. The third kappa shape index (κ3) is 3.64. The molecule has 1 heterocycles. The van der Waals surface area contributed by atoms with Crippen LogP contribution < -0.4 is 4.90 Å². The molecule has 7 heteroatoms. The Balaban J connectivity index is 2.97. The van der Waals surface area contributed by atoms with Crippen molar-refractivity contribution in [2.24, 2.45) is 0 Å². The molecule has 0 aliphatic heterocycles. The Hall–Kier alpha value is -2.18. The quantitative estimate of drug-likeness (QED) is 0.830. The smallest absolute Gasteiger partial charge is 0.339 e. The van der Waals surface area contributed by atoms with E-state index in [0.717, 1.165) is 0 Å². The van der Waals surface area contributed by atoms with Gasteiger partial charge in [0, 0.05) is 26.8 Å². The first kappa shape index (κ1) is 14.9. The molecule has 0 unspecified atom stereocenters. The molecule has 0 aliphatic carbocycles. The summed E-state index contributed by atoms with van der Waals surface area (Å²) in [5.41, 5.74) is 0.451. The molecule has 0 fully saturated rings. The van der Waals surface area contributed by atoms with Gasteiger partial charge in [0.1, 0.15) is 0 Å². The number of anilines is 1. The Morgan fingerprint density at radius 1 is 1.37 bits per heavy atom. The molecule has 0 aliphatic rings. The van der Waals surface area contributed by atoms with Crippen LogP contribution in [0.5, 0.6) is 0 Å². The molecule has 0 spiro atoms. The summed E-state index contributed by atoms with van der Waals surface area (Å²) in [5.74, 6) is -0.762. The van der Waals surface area contributed by atoms with Crippen molar-refractivity contribution in [1.29, 1.82) is 0 Å². The predicted molar refractivity (Wildman–Crippen MR) is 70.3 cm³/mol. The highest BCUT2D eigenvalue weighted by molar-refractivity contribution is 5.88. The van der Waals surface area contributed by atoms with Crippen molar-refractivity contribution in [2.45, 2.75) is 13.8 Å². The van der Waals surface area contributed by atoms with E-state index in [2.05, 4.69) is 9.97 Å². The number of nitrogens with zero attached hydrogens (tertiary/aromatic N) is 4. The van der Waals surface area contributed by atoms with Crippen LogP contribution in [0.1, 0.15) is 23.0 Å². The van der Waals surface area contributed by atoms with Gasteiger partial charge in [0.15, 0.2) is 0 Å². The van der Waals surface area contributed by atoms with E-state index >= 15 is 0 Å². The molecule has 1 aromatic heterocycles. The van der Waals surface area contributed by atoms with Gasteiger partial charge in [-0.25, -0.2) is 14.8 Å². The summed E-state index contributed by atoms with van der Waals surface area (Å²) in [6, 6.07) is 0. The third-order valence-corrected chi connectivity index (χ3v) is 2.69. The lowest BCUT2D eigenvalue weighted by molar-refractivity contribution is -0.127. The summed E-state index contributed by atoms with van der Waals surface area (Å²) >= 11 is 0. The number of hydrogen-bond donors (Lipinski definition) is 1. The van der Waals surface area contributed by atoms with Crippen LogP contribution >= 0.6 is 0 Å². The summed E-state index contributed by atoms with van der Waals surface area (Å²) in [6.45, 7) is 4.21. The fourth-order valence-corrected chi connectivity index (χ4v) is 1.45. The van der Waals surface area contributed by atoms with Crippen molar-refractivity contribution >= 4 is 17.8 Å². The van der Waals surface area contributed by atoms with Gasteiger partial charge in [0.25, 0.3) is 0 Å². The number of carbonyl (C=O) groups excluding carboxylic acids is 1. The molecule has 19 heavy (non-hydrogen) atoms. The maximum absolute atomic E-state index is 11.7. The first-order valence-electron chi connectivity index (χ1n) is 5.88. The molecule has 1 aromatic rings. The fraction of sp³-hybridized carbons (Fsp3) is 0.500. The van der Waals surface area contributed by atoms with E-state index in [0.29, 0.717) is 18.2 Å². The lowest BCUT2D eigenvalue weighted by Crippen LogP contribution is -2.37. The molecule has 1 N–H and O–H groups in total. The third-order valence-electron chi connectivity index (χ3n) is 2.69. The number of likely N-dealkylation sites (N-methyl/N-ethyl adjacent to an activating group) is 2. The Labute approximate surface area is 111 Å². The average Bonchev–Trinajstić information content (AvgIpc) is 2.34. The summed E-state index contributed by atoms with van der Waals surface area (Å²) in [7, 11) is 3.35. The number of amides is 1. The lowest BCUT2D eigenvalue weighted by Gasteiger charge is -2.22. The Kier molecular flexibility index (Phi) is 4.80. The second-order valence-corrected chi connectivity index (χ2v) is 4.28. The molecule has 0 radical (unpaired) electrons. The SMILES string of the molecule is CCN(CC(=O)N(C)C)c1ncc(C(=O)O)c(C)n1. The highest BCUT2D eigenvalue weighted by Gasteiger charge is 2.16. The molecular formula is C12H18N4O3. The minimum absolute atomic E-state index is 0.0644. The Bertz CT molecular complexity index is 488. The zero-order valence-electron chi connectivity index (χ0n) is 11.5. The van der Waals surface area contributed by atoms with Gasteiger partial charge in [-0.1, -0.05) is 0 Å². The molecule has 0 bridgehead atoms. The topological polar surface area (TPSA) is 86.6 Å². The van der Waals surface area contributed by atoms with Crippen molar-refractivity contribution in [1.82, 2.24) is 14.9 Å². The van der Waals surface area contributed by atoms with Crippen LogP contribution in [0.2, 0.25) is 0 Å². The first-order chi connectivity index (χ1) is 8.86. The number of aromatic carboxylic acids is 1. The van der Waals surface area contributed by atoms with E-state index in [-0.39, 0.29) is 18.0 Å². The predicted octanol–water partition coefficient (Wildman–Crippen LogP) is 0.398. The van der Waals surface area contributed by atoms with Gasteiger partial charge in [-0.15, -0.1) is 0 Å². The lowest BCUT2D eigenvalue weighted by atomic mass is 10.2. The van der Waals surface area contributed by atoms with Crippen molar-refractivity contribution in [3.8, 4) is 0 Å². The van der Waals surface area contributed by atoms with Gasteiger partial charge >= 0.3 is 5.97 Å². The first-order valence-corrected chi connectivity index (χ1v) is 5.88. The Morgan fingerprint density at radius 3 is 2.42 bits per heavy atom. The normalized spacial score (nSPS) is 10.1. The number of carbonyl (C=O) groups is 2. The van der Waals surface area contributed by atoms with Gasteiger partial charge in [-0.05, 0) is 13.8 Å². The van der Waals surface area contributed by atoms with Crippen molar-refractivity contribution in [3.63, 3.8) is 0 Å². The van der Waals surface area contributed by atoms with Gasteiger partial charge < -0.3 is 14.9 Å². The van der Waals surface area contributed by atoms with E-state index in [1.165, 1.54) is 11.1 Å². The monoisotopic (exact) mass is 266 g/mol. The summed E-state index contributed by atoms with van der Waals surface area (Å²) < 4.78 is 0. The highest BCUT2D eigenvalue weighted by atomic mass is 16.4. The van der Waals surface area contributed by atoms with E-state index in [4.69, 9.17) is 5.11 Å². The standard InChI is InChI=1S/C12H18N4O3/c1-5-16(7-10(17)15(3)4)12-13-6-9(11(18)19)8(2)14-12/h6H,5,7H2,1-4H3,(H,18,19). The zero-order chi connectivity index (χ0) is 14.6. The van der Waals surface area contributed by atoms with Crippen LogP contribution in [-0.4, -0.2) is 59.0 Å². The molecule has 7 nitrogen and oxygen atoms in total. The number of aryl methyl sites for hydroxylation is 1. The van der Waals surface area contributed by atoms with Crippen LogP contribution in [0.25, 0.3) is 0 Å². The molecule has 0 atom stereocenters. The maximum atomic E-state index is 11.7. The number of aromatic nitrogens is 2. The van der Waals surface area contributed by atoms with Crippen LogP contribution in [-0.2, 0) is 4.79 Å². The van der Waals surface area contributed by atoms with Gasteiger partial charge in [-0.3, -0.25) is 4.79 Å². The van der Waals surface area contributed by atoms with Crippen molar-refractivity contribution in [3.05, 3.63) is 17.5 Å². The van der Waals surface area contributed by atoms with Crippen LogP contribution in [0.15, 0.2) is 6.20 Å². The number of hydrogen-bond acceptors (Lipinski definition) is 5. The van der Waals surface area contributed by atoms with Crippen molar-refractivity contribution < 1.29 is 14.7 Å². The summed E-state index contributed by atoms with van der Waals surface area (Å²) in [4.78, 5) is 33.9. The second kappa shape index (κ2) is 6.12. The summed E-state index contributed by atoms with van der Waals surface area (Å²) in [5, 5.41) is 8.92. The van der Waals surface area contributed by atoms with Gasteiger partial charge in [0.05, 0.1) is 17.8 Å². The maximum Gasteiger partial charge on any atom is 0.339 e. The van der Waals surface area contributed by atoms with E-state index in [9.17, 15) is 9.59 Å². The Morgan fingerprint density at radius 2 is 2.00 bits per heavy atom. The van der Waals surface area contributed by atoms with Crippen molar-refractivity contribution in [2.75, 3.05) is 32.1 Å². The molecule has 104 valence electrons. The number of carboxylic acid groups (broad SMARTS) is 1. The van der Waals surface area contributed by atoms with Gasteiger partial charge in [0.2, 0.25) is 11.9 Å². The molecule has 0 saturated carbocycles. The van der Waals surface area contributed by atoms with Crippen LogP contribution in [0.3, 0.4) is 0 Å². The zero-order valence-corrected chi connectivity index (χ0v) is 11.5. The average molecular weight is 266 g/mol. The minimum Gasteiger partial charge on any atom is -0.478 e. The van der Waals surface area contributed by atoms with E-state index in [1.54, 1.807) is 25.9 Å². The van der Waals surface area contributed by atoms with E-state index in [1.807, 2.05) is 6.92 Å². The summed E-state index contributed by atoms with van der Waals surface area (Å²) in [6.07, 6.45) is 1.27. The molecular weight excluding hydrogens is 248 g/mol. The number of carboxylic acids is 1. The van der Waals surface area contributed by atoms with Crippen LogP contribution in [0, 0.1) is 6.92 Å². The van der Waals surface area contributed by atoms with E-state index < -0.39 is 5.97 Å². The fourth-order valence-electron chi connectivity index (χ4n) is 1.45. The van der Waals surface area contributed by atoms with Crippen LogP contribution in [0.4, 0.5) is 5.95 Å². The highest BCUT2D eigenvalue weighted by Crippen LogP contribution is 2.11. The second-order valence-electron chi connectivity index (χ2n) is 4.28. The molecule has 0 saturated heterocycles. The minimum atomic E-state index is -1.06.